The number of benzene rings is 3. The van der Waals surface area contributed by atoms with E-state index in [1.165, 1.54) is 5.56 Å². The minimum Gasteiger partial charge on any atom is -0.497 e. The summed E-state index contributed by atoms with van der Waals surface area (Å²) >= 11 is 0. The minimum atomic E-state index is -0.492. The van der Waals surface area contributed by atoms with Gasteiger partial charge in [0.1, 0.15) is 11.3 Å². The quantitative estimate of drug-likeness (QED) is 0.323. The van der Waals surface area contributed by atoms with Crippen LogP contribution in [-0.4, -0.2) is 24.5 Å². The molecule has 4 aromatic rings. The third-order valence-electron chi connectivity index (χ3n) is 7.12. The van der Waals surface area contributed by atoms with Gasteiger partial charge in [-0.2, -0.15) is 0 Å². The molecule has 5 rings (SSSR count). The zero-order valence-electron chi connectivity index (χ0n) is 21.4. The van der Waals surface area contributed by atoms with Crippen molar-refractivity contribution in [3.63, 3.8) is 0 Å². The molecule has 184 valence electrons. The van der Waals surface area contributed by atoms with Gasteiger partial charge in [-0.15, -0.1) is 0 Å². The van der Waals surface area contributed by atoms with Gasteiger partial charge in [0, 0.05) is 6.54 Å². The van der Waals surface area contributed by atoms with Crippen LogP contribution in [0.15, 0.2) is 69.9 Å². The molecule has 2 heterocycles. The van der Waals surface area contributed by atoms with Crippen molar-refractivity contribution >= 4 is 16.9 Å². The van der Waals surface area contributed by atoms with Crippen LogP contribution in [0.1, 0.15) is 69.7 Å². The molecule has 0 saturated heterocycles. The van der Waals surface area contributed by atoms with Gasteiger partial charge >= 0.3 is 0 Å². The maximum absolute atomic E-state index is 13.9. The van der Waals surface area contributed by atoms with Gasteiger partial charge in [0.15, 0.2) is 5.43 Å². The highest BCUT2D eigenvalue weighted by molar-refractivity contribution is 5.99. The molecule has 0 N–H and O–H groups in total. The second-order valence-electron chi connectivity index (χ2n) is 9.95. The van der Waals surface area contributed by atoms with Crippen molar-refractivity contribution in [2.75, 3.05) is 13.7 Å². The fourth-order valence-electron chi connectivity index (χ4n) is 5.16. The van der Waals surface area contributed by atoms with Crippen molar-refractivity contribution in [3.05, 3.63) is 110 Å². The van der Waals surface area contributed by atoms with E-state index < -0.39 is 6.04 Å². The largest absolute Gasteiger partial charge is 0.497 e. The van der Waals surface area contributed by atoms with Crippen LogP contribution in [-0.2, 0) is 6.42 Å². The second kappa shape index (κ2) is 9.30. The Morgan fingerprint density at radius 1 is 0.972 bits per heavy atom. The predicted molar refractivity (Wildman–Crippen MR) is 142 cm³/mol. The molecule has 3 aromatic carbocycles. The SMILES string of the molecule is COc1ccc(CCN2C(=O)c3oc4c(C)cc(C)cc4c(=O)c3[C@@H]2c2ccc(C(C)C)cc2)cc1. The Bertz CT molecular complexity index is 1500. The number of ether oxygens (including phenoxy) is 1. The number of amides is 1. The van der Waals surface area contributed by atoms with Crippen molar-refractivity contribution in [1.29, 1.82) is 0 Å². The fraction of sp³-hybridized carbons (Fsp3) is 0.290. The van der Waals surface area contributed by atoms with Crippen LogP contribution < -0.4 is 10.2 Å². The predicted octanol–water partition coefficient (Wildman–Crippen LogP) is 6.33. The summed E-state index contributed by atoms with van der Waals surface area (Å²) in [7, 11) is 1.64. The topological polar surface area (TPSA) is 59.8 Å². The number of rotatable bonds is 6. The van der Waals surface area contributed by atoms with Crippen LogP contribution in [0.4, 0.5) is 0 Å². The number of carbonyl (C=O) groups excluding carboxylic acids is 1. The minimum absolute atomic E-state index is 0.128. The van der Waals surface area contributed by atoms with Crippen molar-refractivity contribution in [2.24, 2.45) is 0 Å². The molecule has 0 aliphatic carbocycles. The van der Waals surface area contributed by atoms with E-state index in [0.29, 0.717) is 35.4 Å². The van der Waals surface area contributed by atoms with Gasteiger partial charge in [-0.25, -0.2) is 0 Å². The molecule has 1 aliphatic rings. The molecule has 0 spiro atoms. The average molecular weight is 482 g/mol. The first kappa shape index (κ1) is 23.9. The Morgan fingerprint density at radius 2 is 1.67 bits per heavy atom. The van der Waals surface area contributed by atoms with Gasteiger partial charge in [-0.3, -0.25) is 9.59 Å². The zero-order valence-corrected chi connectivity index (χ0v) is 21.4. The highest BCUT2D eigenvalue weighted by Gasteiger charge is 2.42. The van der Waals surface area contributed by atoms with Gasteiger partial charge in [0.25, 0.3) is 5.91 Å². The van der Waals surface area contributed by atoms with Gasteiger partial charge in [-0.05, 0) is 72.2 Å². The smallest absolute Gasteiger partial charge is 0.290 e. The number of fused-ring (bicyclic) bond motifs is 2. The number of hydrogen-bond donors (Lipinski definition) is 0. The van der Waals surface area contributed by atoms with Crippen molar-refractivity contribution < 1.29 is 13.9 Å². The molecule has 0 radical (unpaired) electrons. The molecule has 0 bridgehead atoms. The summed E-state index contributed by atoms with van der Waals surface area (Å²) in [6, 6.07) is 19.4. The zero-order chi connectivity index (χ0) is 25.6. The lowest BCUT2D eigenvalue weighted by Crippen LogP contribution is -2.31. The van der Waals surface area contributed by atoms with Gasteiger partial charge in [0.05, 0.1) is 24.1 Å². The van der Waals surface area contributed by atoms with E-state index in [1.54, 1.807) is 12.0 Å². The molecule has 0 fully saturated rings. The molecular weight excluding hydrogens is 450 g/mol. The van der Waals surface area contributed by atoms with Gasteiger partial charge in [0.2, 0.25) is 5.76 Å². The Kier molecular flexibility index (Phi) is 6.17. The molecule has 5 heteroatoms. The van der Waals surface area contributed by atoms with E-state index in [4.69, 9.17) is 9.15 Å². The van der Waals surface area contributed by atoms with E-state index in [2.05, 4.69) is 26.0 Å². The van der Waals surface area contributed by atoms with E-state index in [0.717, 1.165) is 28.0 Å². The Morgan fingerprint density at radius 3 is 2.31 bits per heavy atom. The maximum atomic E-state index is 13.9. The standard InChI is InChI=1S/C31H31NO4/c1-18(2)22-8-10-23(11-9-22)27-26-28(33)25-17-19(3)16-20(4)29(25)36-30(26)31(34)32(27)15-14-21-6-12-24(35-5)13-7-21/h6-13,16-18,27H,14-15H2,1-5H3/t27-/m0/s1. The summed E-state index contributed by atoms with van der Waals surface area (Å²) in [6.45, 7) is 8.63. The van der Waals surface area contributed by atoms with E-state index in [9.17, 15) is 9.59 Å². The van der Waals surface area contributed by atoms with Crippen LogP contribution in [0, 0.1) is 13.8 Å². The summed E-state index contributed by atoms with van der Waals surface area (Å²) < 4.78 is 11.5. The highest BCUT2D eigenvalue weighted by Crippen LogP contribution is 2.39. The average Bonchev–Trinajstić information content (AvgIpc) is 3.15. The first-order valence-corrected chi connectivity index (χ1v) is 12.4. The van der Waals surface area contributed by atoms with Crippen LogP contribution in [0.2, 0.25) is 0 Å². The summed E-state index contributed by atoms with van der Waals surface area (Å²) in [5, 5.41) is 0.528. The molecule has 1 aliphatic heterocycles. The normalized spacial score (nSPS) is 15.1. The van der Waals surface area contributed by atoms with Crippen molar-refractivity contribution in [3.8, 4) is 5.75 Å². The summed E-state index contributed by atoms with van der Waals surface area (Å²) in [5.74, 6) is 1.10. The van der Waals surface area contributed by atoms with Crippen LogP contribution in [0.3, 0.4) is 0 Å². The second-order valence-corrected chi connectivity index (χ2v) is 9.95. The third-order valence-corrected chi connectivity index (χ3v) is 7.12. The monoisotopic (exact) mass is 481 g/mol. The maximum Gasteiger partial charge on any atom is 0.290 e. The lowest BCUT2D eigenvalue weighted by atomic mass is 9.94. The summed E-state index contributed by atoms with van der Waals surface area (Å²) in [6.07, 6.45) is 0.649. The van der Waals surface area contributed by atoms with Crippen LogP contribution in [0.5, 0.6) is 5.75 Å². The molecule has 5 nitrogen and oxygen atoms in total. The van der Waals surface area contributed by atoms with Gasteiger partial charge < -0.3 is 14.1 Å². The third kappa shape index (κ3) is 4.09. The Hall–Kier alpha value is -3.86. The number of carbonyl (C=O) groups is 1. The Balaban J connectivity index is 1.62. The van der Waals surface area contributed by atoms with Gasteiger partial charge in [-0.1, -0.05) is 56.3 Å². The Labute approximate surface area is 211 Å². The van der Waals surface area contributed by atoms with E-state index in [-0.39, 0.29) is 17.1 Å². The van der Waals surface area contributed by atoms with E-state index in [1.807, 2.05) is 62.4 Å². The molecular formula is C31H31NO4. The summed E-state index contributed by atoms with van der Waals surface area (Å²) in [5.41, 5.74) is 5.86. The highest BCUT2D eigenvalue weighted by atomic mass is 16.5. The molecule has 0 saturated carbocycles. The molecule has 1 aromatic heterocycles. The first-order chi connectivity index (χ1) is 17.3. The van der Waals surface area contributed by atoms with Crippen molar-refractivity contribution in [2.45, 2.75) is 46.1 Å². The first-order valence-electron chi connectivity index (χ1n) is 12.4. The lowest BCUT2D eigenvalue weighted by Gasteiger charge is -2.25. The molecule has 1 atom stereocenters. The molecule has 0 unspecified atom stereocenters. The number of methoxy groups -OCH3 is 1. The van der Waals surface area contributed by atoms with E-state index >= 15 is 0 Å². The fourth-order valence-corrected chi connectivity index (χ4v) is 5.16. The number of aryl methyl sites for hydroxylation is 2. The lowest BCUT2D eigenvalue weighted by molar-refractivity contribution is 0.0730. The molecule has 1 amide bonds. The van der Waals surface area contributed by atoms with Crippen LogP contribution in [0.25, 0.3) is 11.0 Å². The number of hydrogen-bond acceptors (Lipinski definition) is 4. The van der Waals surface area contributed by atoms with Crippen LogP contribution >= 0.6 is 0 Å². The number of nitrogens with zero attached hydrogens (tertiary/aromatic N) is 1. The summed E-state index contributed by atoms with van der Waals surface area (Å²) in [4.78, 5) is 29.4. The van der Waals surface area contributed by atoms with Crippen molar-refractivity contribution in [1.82, 2.24) is 4.90 Å². The molecule has 36 heavy (non-hydrogen) atoms.